The second-order valence-corrected chi connectivity index (χ2v) is 4.36. The van der Waals surface area contributed by atoms with Gasteiger partial charge >= 0.3 is 11.9 Å². The van der Waals surface area contributed by atoms with E-state index in [-0.39, 0.29) is 19.1 Å². The monoisotopic (exact) mass is 284 g/mol. The molecular formula is C12H16N2O6. The molecule has 8 heteroatoms. The van der Waals surface area contributed by atoms with Crippen molar-refractivity contribution in [1.29, 1.82) is 0 Å². The first-order valence-electron chi connectivity index (χ1n) is 6.13. The lowest BCUT2D eigenvalue weighted by atomic mass is 10.2. The molecule has 0 saturated heterocycles. The summed E-state index contributed by atoms with van der Waals surface area (Å²) in [6.45, 7) is 2.05. The lowest BCUT2D eigenvalue weighted by Gasteiger charge is -2.09. The van der Waals surface area contributed by atoms with Crippen molar-refractivity contribution in [3.8, 4) is 0 Å². The van der Waals surface area contributed by atoms with E-state index in [0.717, 1.165) is 0 Å². The Morgan fingerprint density at radius 1 is 1.05 bits per heavy atom. The molecule has 2 rings (SSSR count). The smallest absolute Gasteiger partial charge is 0.334 e. The number of hydrogen-bond donors (Lipinski definition) is 0. The summed E-state index contributed by atoms with van der Waals surface area (Å²) in [5, 5.41) is 0. The van der Waals surface area contributed by atoms with Gasteiger partial charge < -0.3 is 18.9 Å². The highest BCUT2D eigenvalue weighted by atomic mass is 16.5. The summed E-state index contributed by atoms with van der Waals surface area (Å²) >= 11 is 0. The van der Waals surface area contributed by atoms with Crippen molar-refractivity contribution >= 4 is 23.7 Å². The molecule has 2 aliphatic rings. The van der Waals surface area contributed by atoms with Gasteiger partial charge in [0.25, 0.3) is 0 Å². The standard InChI is InChI=1S/C12H16N2O6/c1-6(9-13-7(4-19-9)11(15)17-2)10-14-8(5-20-10)12(16)18-3/h6-8H,4-5H2,1-3H3/t7-,8-/m0/s1. The Bertz CT molecular complexity index is 431. The topological polar surface area (TPSA) is 95.8 Å². The van der Waals surface area contributed by atoms with Gasteiger partial charge in [0.15, 0.2) is 23.9 Å². The predicted molar refractivity (Wildman–Crippen MR) is 67.5 cm³/mol. The molecule has 2 aliphatic heterocycles. The second kappa shape index (κ2) is 5.89. The first kappa shape index (κ1) is 14.3. The fraction of sp³-hybridized carbons (Fsp3) is 0.667. The van der Waals surface area contributed by atoms with Gasteiger partial charge in [-0.1, -0.05) is 0 Å². The minimum atomic E-state index is -0.657. The van der Waals surface area contributed by atoms with E-state index >= 15 is 0 Å². The van der Waals surface area contributed by atoms with Gasteiger partial charge in [-0.05, 0) is 6.92 Å². The first-order valence-corrected chi connectivity index (χ1v) is 6.13. The Kier molecular flexibility index (Phi) is 4.21. The summed E-state index contributed by atoms with van der Waals surface area (Å²) in [6.07, 6.45) is 0. The Morgan fingerprint density at radius 3 is 1.80 bits per heavy atom. The molecule has 0 saturated carbocycles. The van der Waals surface area contributed by atoms with Crippen molar-refractivity contribution in [1.82, 2.24) is 0 Å². The quantitative estimate of drug-likeness (QED) is 0.650. The highest BCUT2D eigenvalue weighted by Gasteiger charge is 2.35. The number of carbonyl (C=O) groups is 2. The molecule has 0 aromatic rings. The Balaban J connectivity index is 2.04. The van der Waals surface area contributed by atoms with Gasteiger partial charge in [-0.25, -0.2) is 19.6 Å². The number of methoxy groups -OCH3 is 2. The van der Waals surface area contributed by atoms with Gasteiger partial charge in [-0.15, -0.1) is 0 Å². The van der Waals surface area contributed by atoms with E-state index in [4.69, 9.17) is 9.47 Å². The summed E-state index contributed by atoms with van der Waals surface area (Å²) in [7, 11) is 2.59. The molecule has 0 fully saturated rings. The number of aliphatic imine (C=N–C) groups is 2. The van der Waals surface area contributed by atoms with Crippen LogP contribution >= 0.6 is 0 Å². The van der Waals surface area contributed by atoms with E-state index in [1.807, 2.05) is 0 Å². The SMILES string of the molecule is COC(=O)[C@@H]1COC(C(C)C2=N[C@H](C(=O)OC)CO2)=N1. The molecule has 110 valence electrons. The molecule has 20 heavy (non-hydrogen) atoms. The fourth-order valence-electron chi connectivity index (χ4n) is 1.88. The zero-order chi connectivity index (χ0) is 14.7. The van der Waals surface area contributed by atoms with Gasteiger partial charge in [-0.2, -0.15) is 0 Å². The van der Waals surface area contributed by atoms with Crippen LogP contribution in [0.15, 0.2) is 9.98 Å². The second-order valence-electron chi connectivity index (χ2n) is 4.36. The van der Waals surface area contributed by atoms with Gasteiger partial charge in [0.05, 0.1) is 14.2 Å². The van der Waals surface area contributed by atoms with E-state index in [1.165, 1.54) is 14.2 Å². The summed E-state index contributed by atoms with van der Waals surface area (Å²) < 4.78 is 19.9. The van der Waals surface area contributed by atoms with Crippen molar-refractivity contribution in [3.05, 3.63) is 0 Å². The van der Waals surface area contributed by atoms with Gasteiger partial charge in [0.2, 0.25) is 0 Å². The summed E-state index contributed by atoms with van der Waals surface area (Å²) in [5.74, 6) is -0.559. The Hall–Kier alpha value is -2.12. The summed E-state index contributed by atoms with van der Waals surface area (Å²) in [5.41, 5.74) is 0. The first-order chi connectivity index (χ1) is 9.56. The molecule has 0 aromatic heterocycles. The zero-order valence-corrected chi connectivity index (χ0v) is 11.5. The summed E-state index contributed by atoms with van der Waals surface area (Å²) in [6, 6.07) is -1.31. The van der Waals surface area contributed by atoms with E-state index < -0.39 is 24.0 Å². The third kappa shape index (κ3) is 2.73. The molecule has 0 unspecified atom stereocenters. The van der Waals surface area contributed by atoms with Crippen molar-refractivity contribution in [3.63, 3.8) is 0 Å². The van der Waals surface area contributed by atoms with E-state index in [1.54, 1.807) is 6.92 Å². The third-order valence-corrected chi connectivity index (χ3v) is 3.03. The van der Waals surface area contributed by atoms with Gasteiger partial charge in [0.1, 0.15) is 19.1 Å². The largest absolute Gasteiger partial charge is 0.477 e. The normalized spacial score (nSPS) is 24.6. The molecule has 2 atom stereocenters. The minimum absolute atomic E-state index is 0.139. The average Bonchev–Trinajstić information content (AvgIpc) is 3.13. The van der Waals surface area contributed by atoms with Crippen LogP contribution in [0.1, 0.15) is 6.92 Å². The maximum atomic E-state index is 11.4. The van der Waals surface area contributed by atoms with Crippen LogP contribution in [0.25, 0.3) is 0 Å². The summed E-state index contributed by atoms with van der Waals surface area (Å²) in [4.78, 5) is 31.0. The van der Waals surface area contributed by atoms with Crippen molar-refractivity contribution in [2.45, 2.75) is 19.0 Å². The lowest BCUT2D eigenvalue weighted by Crippen LogP contribution is -2.21. The highest BCUT2D eigenvalue weighted by molar-refractivity contribution is 6.03. The Labute approximate surface area is 115 Å². The van der Waals surface area contributed by atoms with Gasteiger partial charge in [0, 0.05) is 0 Å². The van der Waals surface area contributed by atoms with E-state index in [2.05, 4.69) is 19.5 Å². The van der Waals surface area contributed by atoms with Crippen molar-refractivity contribution in [2.75, 3.05) is 27.4 Å². The minimum Gasteiger partial charge on any atom is -0.477 e. The van der Waals surface area contributed by atoms with Crippen LogP contribution in [-0.2, 0) is 28.5 Å². The molecule has 0 spiro atoms. The number of carbonyl (C=O) groups excluding carboxylic acids is 2. The van der Waals surface area contributed by atoms with Crippen LogP contribution in [0, 0.1) is 5.92 Å². The van der Waals surface area contributed by atoms with Crippen molar-refractivity contribution in [2.24, 2.45) is 15.9 Å². The van der Waals surface area contributed by atoms with Crippen molar-refractivity contribution < 1.29 is 28.5 Å². The molecule has 2 heterocycles. The number of rotatable bonds is 4. The molecular weight excluding hydrogens is 268 g/mol. The molecule has 0 aromatic carbocycles. The molecule has 0 bridgehead atoms. The zero-order valence-electron chi connectivity index (χ0n) is 11.5. The maximum Gasteiger partial charge on any atom is 0.334 e. The number of esters is 2. The molecule has 8 nitrogen and oxygen atoms in total. The molecule has 0 radical (unpaired) electrons. The third-order valence-electron chi connectivity index (χ3n) is 3.03. The maximum absolute atomic E-state index is 11.4. The molecule has 0 aliphatic carbocycles. The van der Waals surface area contributed by atoms with Crippen LogP contribution < -0.4 is 0 Å². The van der Waals surface area contributed by atoms with Crippen LogP contribution in [-0.4, -0.2) is 63.3 Å². The number of ether oxygens (including phenoxy) is 4. The van der Waals surface area contributed by atoms with Gasteiger partial charge in [-0.3, -0.25) is 0 Å². The predicted octanol–water partition coefficient (Wildman–Crippen LogP) is -0.437. The fourth-order valence-corrected chi connectivity index (χ4v) is 1.88. The van der Waals surface area contributed by atoms with E-state index in [0.29, 0.717) is 11.8 Å². The molecule has 0 amide bonds. The van der Waals surface area contributed by atoms with E-state index in [9.17, 15) is 9.59 Å². The van der Waals surface area contributed by atoms with Crippen LogP contribution in [0.5, 0.6) is 0 Å². The van der Waals surface area contributed by atoms with Crippen LogP contribution in [0.3, 0.4) is 0 Å². The Morgan fingerprint density at radius 2 is 1.45 bits per heavy atom. The van der Waals surface area contributed by atoms with Crippen LogP contribution in [0.4, 0.5) is 0 Å². The highest BCUT2D eigenvalue weighted by Crippen LogP contribution is 2.18. The lowest BCUT2D eigenvalue weighted by molar-refractivity contribution is -0.143. The average molecular weight is 284 g/mol. The van der Waals surface area contributed by atoms with Crippen LogP contribution in [0.2, 0.25) is 0 Å². The molecule has 0 N–H and O–H groups in total. The number of nitrogens with zero attached hydrogens (tertiary/aromatic N) is 2. The number of hydrogen-bond acceptors (Lipinski definition) is 8.